The second-order valence-corrected chi connectivity index (χ2v) is 8.50. The monoisotopic (exact) mass is 436 g/mol. The van der Waals surface area contributed by atoms with E-state index in [1.54, 1.807) is 24.2 Å². The number of hydrogen-bond acceptors (Lipinski definition) is 9. The van der Waals surface area contributed by atoms with Gasteiger partial charge in [0, 0.05) is 20.9 Å². The van der Waals surface area contributed by atoms with Gasteiger partial charge >= 0.3 is 0 Å². The SMILES string of the molecule is CSc1nncc(-c2ccc(Sc3ccc(-c4cnnc(SC)n4)cc3)cc2)n1. The molecule has 0 N–H and O–H groups in total. The van der Waals surface area contributed by atoms with Crippen molar-refractivity contribution >= 4 is 35.3 Å². The summed E-state index contributed by atoms with van der Waals surface area (Å²) < 4.78 is 0. The Labute approximate surface area is 181 Å². The fraction of sp³-hybridized carbons (Fsp3) is 0.100. The maximum Gasteiger partial charge on any atom is 0.209 e. The fourth-order valence-electron chi connectivity index (χ4n) is 2.55. The molecule has 0 unspecified atom stereocenters. The minimum absolute atomic E-state index is 0.671. The van der Waals surface area contributed by atoms with E-state index in [4.69, 9.17) is 0 Å². The first kappa shape index (κ1) is 19.8. The minimum atomic E-state index is 0.671. The van der Waals surface area contributed by atoms with E-state index >= 15 is 0 Å². The molecule has 0 saturated carbocycles. The normalized spacial score (nSPS) is 10.8. The van der Waals surface area contributed by atoms with Gasteiger partial charge in [-0.05, 0) is 36.8 Å². The van der Waals surface area contributed by atoms with Crippen LogP contribution in [0.5, 0.6) is 0 Å². The van der Waals surface area contributed by atoms with Crippen molar-refractivity contribution in [2.75, 3.05) is 12.5 Å². The highest BCUT2D eigenvalue weighted by atomic mass is 32.2. The number of nitrogens with zero attached hydrogens (tertiary/aromatic N) is 6. The molecule has 2 aromatic heterocycles. The topological polar surface area (TPSA) is 77.3 Å². The van der Waals surface area contributed by atoms with Crippen LogP contribution in [0.3, 0.4) is 0 Å². The zero-order valence-electron chi connectivity index (χ0n) is 15.7. The van der Waals surface area contributed by atoms with E-state index in [1.807, 2.05) is 12.5 Å². The summed E-state index contributed by atoms with van der Waals surface area (Å²) in [5.74, 6) is 0. The molecule has 144 valence electrons. The average Bonchev–Trinajstić information content (AvgIpc) is 2.80. The molecule has 0 atom stereocenters. The second kappa shape index (κ2) is 9.34. The Morgan fingerprint density at radius 3 is 1.38 bits per heavy atom. The van der Waals surface area contributed by atoms with Gasteiger partial charge in [-0.25, -0.2) is 9.97 Å². The highest BCUT2D eigenvalue weighted by Crippen LogP contribution is 2.31. The van der Waals surface area contributed by atoms with Crippen molar-refractivity contribution in [2.24, 2.45) is 0 Å². The van der Waals surface area contributed by atoms with Crippen molar-refractivity contribution in [2.45, 2.75) is 20.1 Å². The lowest BCUT2D eigenvalue weighted by molar-refractivity contribution is 0.846. The van der Waals surface area contributed by atoms with E-state index in [9.17, 15) is 0 Å². The van der Waals surface area contributed by atoms with Gasteiger partial charge in [0.05, 0.1) is 23.8 Å². The third-order valence-electron chi connectivity index (χ3n) is 3.98. The van der Waals surface area contributed by atoms with Crippen LogP contribution in [-0.4, -0.2) is 42.9 Å². The molecule has 4 aromatic rings. The number of thioether (sulfide) groups is 2. The minimum Gasteiger partial charge on any atom is -0.219 e. The molecule has 0 saturated heterocycles. The van der Waals surface area contributed by atoms with E-state index in [-0.39, 0.29) is 0 Å². The summed E-state index contributed by atoms with van der Waals surface area (Å²) in [6.45, 7) is 0. The Morgan fingerprint density at radius 1 is 0.586 bits per heavy atom. The smallest absolute Gasteiger partial charge is 0.209 e. The van der Waals surface area contributed by atoms with E-state index in [0.717, 1.165) is 32.3 Å². The van der Waals surface area contributed by atoms with Crippen molar-refractivity contribution in [3.8, 4) is 22.5 Å². The van der Waals surface area contributed by atoms with Crippen LogP contribution in [0.25, 0.3) is 22.5 Å². The van der Waals surface area contributed by atoms with E-state index < -0.39 is 0 Å². The summed E-state index contributed by atoms with van der Waals surface area (Å²) in [6.07, 6.45) is 7.25. The van der Waals surface area contributed by atoms with Gasteiger partial charge in [-0.1, -0.05) is 59.6 Å². The lowest BCUT2D eigenvalue weighted by Gasteiger charge is -2.06. The second-order valence-electron chi connectivity index (χ2n) is 5.81. The van der Waals surface area contributed by atoms with Gasteiger partial charge in [0.1, 0.15) is 0 Å². The molecular weight excluding hydrogens is 420 g/mol. The fourth-order valence-corrected chi connectivity index (χ4v) is 4.00. The van der Waals surface area contributed by atoms with Gasteiger partial charge in [0.25, 0.3) is 0 Å². The van der Waals surface area contributed by atoms with Crippen LogP contribution >= 0.6 is 35.3 Å². The third-order valence-corrected chi connectivity index (χ3v) is 6.07. The zero-order chi connectivity index (χ0) is 20.1. The lowest BCUT2D eigenvalue weighted by atomic mass is 10.2. The Hall–Kier alpha value is -2.49. The Morgan fingerprint density at radius 2 is 1.00 bits per heavy atom. The van der Waals surface area contributed by atoms with E-state index in [0.29, 0.717) is 10.3 Å². The van der Waals surface area contributed by atoms with Crippen molar-refractivity contribution in [1.82, 2.24) is 30.4 Å². The van der Waals surface area contributed by atoms with Crippen LogP contribution in [0, 0.1) is 0 Å². The molecule has 6 nitrogen and oxygen atoms in total. The van der Waals surface area contributed by atoms with E-state index in [1.165, 1.54) is 23.5 Å². The first-order chi connectivity index (χ1) is 14.2. The first-order valence-corrected chi connectivity index (χ1v) is 11.9. The van der Waals surface area contributed by atoms with Crippen molar-refractivity contribution in [3.05, 3.63) is 60.9 Å². The van der Waals surface area contributed by atoms with Gasteiger partial charge in [-0.3, -0.25) is 0 Å². The quantitative estimate of drug-likeness (QED) is 0.389. The van der Waals surface area contributed by atoms with Gasteiger partial charge < -0.3 is 0 Å². The first-order valence-electron chi connectivity index (χ1n) is 8.61. The van der Waals surface area contributed by atoms with Crippen LogP contribution in [0.4, 0.5) is 0 Å². The molecule has 2 heterocycles. The summed E-state index contributed by atoms with van der Waals surface area (Å²) in [5.41, 5.74) is 3.70. The number of aromatic nitrogens is 6. The van der Waals surface area contributed by atoms with Crippen molar-refractivity contribution in [3.63, 3.8) is 0 Å². The molecule has 0 fully saturated rings. The zero-order valence-corrected chi connectivity index (χ0v) is 18.1. The molecule has 0 aliphatic rings. The van der Waals surface area contributed by atoms with Crippen LogP contribution < -0.4 is 0 Å². The molecule has 0 amide bonds. The van der Waals surface area contributed by atoms with Crippen molar-refractivity contribution < 1.29 is 0 Å². The summed E-state index contributed by atoms with van der Waals surface area (Å²) in [5, 5.41) is 17.3. The van der Waals surface area contributed by atoms with E-state index in [2.05, 4.69) is 78.9 Å². The molecule has 0 aliphatic heterocycles. The Kier molecular flexibility index (Phi) is 6.38. The van der Waals surface area contributed by atoms with Gasteiger partial charge in [-0.15, -0.1) is 10.2 Å². The molecule has 0 bridgehead atoms. The summed E-state index contributed by atoms with van der Waals surface area (Å²) >= 11 is 4.67. The summed E-state index contributed by atoms with van der Waals surface area (Å²) in [7, 11) is 0. The van der Waals surface area contributed by atoms with Gasteiger partial charge in [0.15, 0.2) is 0 Å². The Balaban J connectivity index is 1.47. The van der Waals surface area contributed by atoms with Crippen molar-refractivity contribution in [1.29, 1.82) is 0 Å². The Bertz CT molecular complexity index is 1010. The summed E-state index contributed by atoms with van der Waals surface area (Å²) in [6, 6.07) is 16.6. The van der Waals surface area contributed by atoms with Crippen LogP contribution in [-0.2, 0) is 0 Å². The molecule has 4 rings (SSSR count). The van der Waals surface area contributed by atoms with Gasteiger partial charge in [0.2, 0.25) is 10.3 Å². The number of hydrogen-bond donors (Lipinski definition) is 0. The number of benzene rings is 2. The lowest BCUT2D eigenvalue weighted by Crippen LogP contribution is -1.92. The maximum atomic E-state index is 4.49. The molecule has 0 radical (unpaired) electrons. The highest BCUT2D eigenvalue weighted by molar-refractivity contribution is 7.99. The van der Waals surface area contributed by atoms with Crippen LogP contribution in [0.15, 0.2) is 81.0 Å². The van der Waals surface area contributed by atoms with Crippen LogP contribution in [0.1, 0.15) is 0 Å². The predicted octanol–water partition coefficient (Wildman–Crippen LogP) is 4.99. The molecule has 0 aliphatic carbocycles. The largest absolute Gasteiger partial charge is 0.219 e. The average molecular weight is 437 g/mol. The maximum absolute atomic E-state index is 4.49. The highest BCUT2D eigenvalue weighted by Gasteiger charge is 2.06. The molecule has 0 spiro atoms. The third kappa shape index (κ3) is 4.92. The predicted molar refractivity (Wildman–Crippen MR) is 118 cm³/mol. The number of rotatable bonds is 6. The molecule has 29 heavy (non-hydrogen) atoms. The molecule has 2 aromatic carbocycles. The molecule has 9 heteroatoms. The molecular formula is C20H16N6S3. The van der Waals surface area contributed by atoms with Crippen LogP contribution in [0.2, 0.25) is 0 Å². The summed E-state index contributed by atoms with van der Waals surface area (Å²) in [4.78, 5) is 11.3. The standard InChI is InChI=1S/C20H16N6S3/c1-27-19-23-17(11-21-25-19)13-3-7-15(8-4-13)29-16-9-5-14(6-10-16)18-12-22-26-20(24-18)28-2/h3-12H,1-2H3. The van der Waals surface area contributed by atoms with Gasteiger partial charge in [-0.2, -0.15) is 10.2 Å².